The Balaban J connectivity index is 1.72. The second-order valence-electron chi connectivity index (χ2n) is 6.30. The number of nitrogens with zero attached hydrogens (tertiary/aromatic N) is 4. The number of benzene rings is 1. The zero-order valence-corrected chi connectivity index (χ0v) is 14.0. The Morgan fingerprint density at radius 3 is 2.58 bits per heavy atom. The summed E-state index contributed by atoms with van der Waals surface area (Å²) in [5.74, 6) is 0.494. The molecule has 2 heterocycles. The van der Waals surface area contributed by atoms with Gasteiger partial charge in [0.2, 0.25) is 11.9 Å². The van der Waals surface area contributed by atoms with Gasteiger partial charge in [0.15, 0.2) is 0 Å². The van der Waals surface area contributed by atoms with Gasteiger partial charge in [0, 0.05) is 37.6 Å². The molecule has 1 aliphatic heterocycles. The third-order valence-electron chi connectivity index (χ3n) is 4.17. The number of nitrogens with two attached hydrogens (primary N) is 1. The van der Waals surface area contributed by atoms with Crippen molar-refractivity contribution < 1.29 is 4.79 Å². The molecule has 6 heteroatoms. The summed E-state index contributed by atoms with van der Waals surface area (Å²) in [5, 5.41) is 0. The van der Waals surface area contributed by atoms with Crippen LogP contribution in [0.4, 0.5) is 5.95 Å². The van der Waals surface area contributed by atoms with E-state index in [0.717, 1.165) is 35.7 Å². The number of primary amides is 1. The minimum atomic E-state index is -0.320. The van der Waals surface area contributed by atoms with Gasteiger partial charge >= 0.3 is 0 Å². The van der Waals surface area contributed by atoms with Gasteiger partial charge in [-0.05, 0) is 37.1 Å². The molecule has 0 bridgehead atoms. The van der Waals surface area contributed by atoms with Gasteiger partial charge in [0.1, 0.15) is 0 Å². The highest BCUT2D eigenvalue weighted by molar-refractivity contribution is 5.75. The van der Waals surface area contributed by atoms with Crippen molar-refractivity contribution in [3.8, 4) is 11.1 Å². The van der Waals surface area contributed by atoms with E-state index in [-0.39, 0.29) is 12.5 Å². The molecule has 3 rings (SSSR count). The lowest BCUT2D eigenvalue weighted by Gasteiger charge is -2.16. The van der Waals surface area contributed by atoms with Gasteiger partial charge in [-0.25, -0.2) is 9.97 Å². The molecule has 1 aromatic heterocycles. The maximum atomic E-state index is 11.0. The summed E-state index contributed by atoms with van der Waals surface area (Å²) >= 11 is 0. The van der Waals surface area contributed by atoms with Crippen molar-refractivity contribution >= 4 is 11.9 Å². The van der Waals surface area contributed by atoms with E-state index in [2.05, 4.69) is 20.9 Å². The summed E-state index contributed by atoms with van der Waals surface area (Å²) < 4.78 is 0. The topological polar surface area (TPSA) is 75.3 Å². The summed E-state index contributed by atoms with van der Waals surface area (Å²) in [4.78, 5) is 24.1. The first-order valence-corrected chi connectivity index (χ1v) is 8.25. The van der Waals surface area contributed by atoms with Crippen molar-refractivity contribution in [2.24, 2.45) is 5.73 Å². The van der Waals surface area contributed by atoms with Crippen LogP contribution in [0, 0.1) is 0 Å². The van der Waals surface area contributed by atoms with Crippen molar-refractivity contribution in [1.29, 1.82) is 0 Å². The molecular formula is C18H23N5O. The molecule has 24 heavy (non-hydrogen) atoms. The van der Waals surface area contributed by atoms with Crippen molar-refractivity contribution in [3.05, 3.63) is 42.2 Å². The van der Waals surface area contributed by atoms with Gasteiger partial charge < -0.3 is 10.6 Å². The summed E-state index contributed by atoms with van der Waals surface area (Å²) in [7, 11) is 1.88. The Kier molecular flexibility index (Phi) is 5.05. The summed E-state index contributed by atoms with van der Waals surface area (Å²) in [6.45, 7) is 3.00. The van der Waals surface area contributed by atoms with E-state index in [0.29, 0.717) is 6.54 Å². The molecule has 0 atom stereocenters. The van der Waals surface area contributed by atoms with Crippen molar-refractivity contribution in [2.75, 3.05) is 31.6 Å². The fourth-order valence-electron chi connectivity index (χ4n) is 3.03. The van der Waals surface area contributed by atoms with Gasteiger partial charge in [-0.15, -0.1) is 0 Å². The minimum Gasteiger partial charge on any atom is -0.369 e. The van der Waals surface area contributed by atoms with Crippen LogP contribution in [0.25, 0.3) is 11.1 Å². The molecule has 1 saturated heterocycles. The number of likely N-dealkylation sites (N-methyl/N-ethyl adjacent to an activating group) is 1. The van der Waals surface area contributed by atoms with Gasteiger partial charge in [-0.1, -0.05) is 18.2 Å². The first-order valence-electron chi connectivity index (χ1n) is 8.25. The lowest BCUT2D eigenvalue weighted by molar-refractivity contribution is -0.118. The SMILES string of the molecule is CN(CC(N)=O)Cc1cccc(-c2cnc(N3CCCC3)nc2)c1. The molecule has 1 aromatic carbocycles. The quantitative estimate of drug-likeness (QED) is 0.874. The highest BCUT2D eigenvalue weighted by Crippen LogP contribution is 2.22. The number of rotatable bonds is 6. The maximum absolute atomic E-state index is 11.0. The monoisotopic (exact) mass is 325 g/mol. The lowest BCUT2D eigenvalue weighted by Crippen LogP contribution is -2.30. The highest BCUT2D eigenvalue weighted by atomic mass is 16.1. The zero-order valence-electron chi connectivity index (χ0n) is 14.0. The third-order valence-corrected chi connectivity index (χ3v) is 4.17. The van der Waals surface area contributed by atoms with Crippen LogP contribution in [0.15, 0.2) is 36.7 Å². The van der Waals surface area contributed by atoms with Crippen LogP contribution in [0.5, 0.6) is 0 Å². The van der Waals surface area contributed by atoms with E-state index in [1.807, 2.05) is 42.5 Å². The largest absolute Gasteiger partial charge is 0.369 e. The predicted octanol–water partition coefficient (Wildman–Crippen LogP) is 1.66. The molecule has 1 aliphatic rings. The molecule has 126 valence electrons. The molecule has 6 nitrogen and oxygen atoms in total. The van der Waals surface area contributed by atoms with Crippen LogP contribution < -0.4 is 10.6 Å². The Labute approximate surface area is 142 Å². The lowest BCUT2D eigenvalue weighted by atomic mass is 10.1. The van der Waals surface area contributed by atoms with Gasteiger partial charge in [0.05, 0.1) is 6.54 Å². The second kappa shape index (κ2) is 7.40. The molecular weight excluding hydrogens is 302 g/mol. The number of hydrogen-bond donors (Lipinski definition) is 1. The Morgan fingerprint density at radius 2 is 1.92 bits per heavy atom. The van der Waals surface area contributed by atoms with Crippen LogP contribution in [-0.4, -0.2) is 47.5 Å². The van der Waals surface area contributed by atoms with Crippen LogP contribution in [0.3, 0.4) is 0 Å². The van der Waals surface area contributed by atoms with Crippen LogP contribution in [-0.2, 0) is 11.3 Å². The van der Waals surface area contributed by atoms with Crippen molar-refractivity contribution in [1.82, 2.24) is 14.9 Å². The van der Waals surface area contributed by atoms with Crippen LogP contribution >= 0.6 is 0 Å². The van der Waals surface area contributed by atoms with E-state index in [1.165, 1.54) is 12.8 Å². The molecule has 1 amide bonds. The minimum absolute atomic E-state index is 0.248. The van der Waals surface area contributed by atoms with E-state index in [9.17, 15) is 4.79 Å². The number of anilines is 1. The molecule has 0 unspecified atom stereocenters. The Morgan fingerprint density at radius 1 is 1.21 bits per heavy atom. The van der Waals surface area contributed by atoms with Crippen LogP contribution in [0.1, 0.15) is 18.4 Å². The third kappa shape index (κ3) is 4.08. The summed E-state index contributed by atoms with van der Waals surface area (Å²) in [6.07, 6.45) is 6.19. The highest BCUT2D eigenvalue weighted by Gasteiger charge is 2.14. The van der Waals surface area contributed by atoms with Gasteiger partial charge in [0.25, 0.3) is 0 Å². The summed E-state index contributed by atoms with van der Waals surface area (Å²) in [5.41, 5.74) is 8.43. The average molecular weight is 325 g/mol. The van der Waals surface area contributed by atoms with Crippen molar-refractivity contribution in [3.63, 3.8) is 0 Å². The first kappa shape index (κ1) is 16.4. The van der Waals surface area contributed by atoms with Crippen molar-refractivity contribution in [2.45, 2.75) is 19.4 Å². The Hall–Kier alpha value is -2.47. The summed E-state index contributed by atoms with van der Waals surface area (Å²) in [6, 6.07) is 8.20. The number of hydrogen-bond acceptors (Lipinski definition) is 5. The molecule has 0 saturated carbocycles. The number of amides is 1. The smallest absolute Gasteiger partial charge is 0.231 e. The molecule has 2 aromatic rings. The number of aromatic nitrogens is 2. The van der Waals surface area contributed by atoms with E-state index in [1.54, 1.807) is 0 Å². The fraction of sp³-hybridized carbons (Fsp3) is 0.389. The number of carbonyl (C=O) groups is 1. The normalized spacial score (nSPS) is 14.3. The fourth-order valence-corrected chi connectivity index (χ4v) is 3.03. The second-order valence-corrected chi connectivity index (χ2v) is 6.30. The zero-order chi connectivity index (χ0) is 16.9. The number of carbonyl (C=O) groups excluding carboxylic acids is 1. The van der Waals surface area contributed by atoms with E-state index < -0.39 is 0 Å². The average Bonchev–Trinajstić information content (AvgIpc) is 3.09. The molecule has 0 spiro atoms. The van der Waals surface area contributed by atoms with E-state index in [4.69, 9.17) is 5.73 Å². The first-order chi connectivity index (χ1) is 11.6. The molecule has 0 aliphatic carbocycles. The molecule has 1 fully saturated rings. The van der Waals surface area contributed by atoms with E-state index >= 15 is 0 Å². The van der Waals surface area contributed by atoms with Gasteiger partial charge in [-0.2, -0.15) is 0 Å². The predicted molar refractivity (Wildman–Crippen MR) is 94.4 cm³/mol. The molecule has 2 N–H and O–H groups in total. The molecule has 0 radical (unpaired) electrons. The maximum Gasteiger partial charge on any atom is 0.231 e. The Bertz CT molecular complexity index is 695. The standard InChI is InChI=1S/C18H23N5O/c1-22(13-17(19)24)12-14-5-4-6-15(9-14)16-10-20-18(21-11-16)23-7-2-3-8-23/h4-6,9-11H,2-3,7-8,12-13H2,1H3,(H2,19,24). The van der Waals surface area contributed by atoms with Gasteiger partial charge in [-0.3, -0.25) is 9.69 Å². The van der Waals surface area contributed by atoms with Crippen LogP contribution in [0.2, 0.25) is 0 Å².